The Morgan fingerprint density at radius 1 is 0.573 bits per heavy atom. The fraction of sp³-hybridized carbons (Fsp3) is 0.419. The predicted molar refractivity (Wildman–Crippen MR) is 330 cm³/mol. The van der Waals surface area contributed by atoms with E-state index >= 15 is 16.8 Å². The van der Waals surface area contributed by atoms with Crippen LogP contribution in [0.4, 0.5) is 25.1 Å². The van der Waals surface area contributed by atoms with Gasteiger partial charge in [0.05, 0.1) is 50.5 Å². The van der Waals surface area contributed by atoms with Crippen molar-refractivity contribution in [3.8, 4) is 39.8 Å². The smallest absolute Gasteiger partial charge is 0.427 e. The first-order chi connectivity index (χ1) is 41.5. The Balaban J connectivity index is 1.54. The minimum absolute atomic E-state index is 0.0252. The number of para-hydroxylation sites is 1. The fourth-order valence-electron chi connectivity index (χ4n) is 9.46. The monoisotopic (exact) mass is 1260 g/mol. The summed E-state index contributed by atoms with van der Waals surface area (Å²) >= 11 is 0. The molecule has 25 nitrogen and oxygen atoms in total. The lowest BCUT2D eigenvalue weighted by Crippen LogP contribution is -2.61. The summed E-state index contributed by atoms with van der Waals surface area (Å²) in [5, 5.41) is 13.7. The van der Waals surface area contributed by atoms with Crippen LogP contribution in [-0.4, -0.2) is 154 Å². The maximum Gasteiger partial charge on any atom is 0.427 e. The summed E-state index contributed by atoms with van der Waals surface area (Å²) in [7, 11) is -4.51. The van der Waals surface area contributed by atoms with Gasteiger partial charge in [0, 0.05) is 31.7 Å². The maximum absolute atomic E-state index is 16.9. The lowest BCUT2D eigenvalue weighted by molar-refractivity contribution is 0.0180. The van der Waals surface area contributed by atoms with E-state index in [-0.39, 0.29) is 54.9 Å². The van der Waals surface area contributed by atoms with E-state index in [1.165, 1.54) is 50.4 Å². The standard InChI is InChI=1S/C62H76N10O15S2/c1-59(2,3)84-55(73)70-48-19-17-18-47(51(48)63-54(70)71(56(74)85-60(4,5)6)57(75)86-61(7,8)9)46-32-33-49(88(77,78)72(42-37-67(13)38-42)58(76)87-62(10,11)12)52(50(46)53-64-66-69(65-53)36-41-24-30-45(83-16)31-25-41)89(79,80)68(34-39-20-26-43(81-14)27-21-39)35-40-22-28-44(82-15)29-23-40/h17-33,42H,34-38H2,1-16H3. The molecule has 0 saturated carbocycles. The van der Waals surface area contributed by atoms with Gasteiger partial charge in [-0.3, -0.25) is 0 Å². The lowest BCUT2D eigenvalue weighted by atomic mass is 9.98. The number of aromatic nitrogens is 6. The summed E-state index contributed by atoms with van der Waals surface area (Å²) in [6.45, 7) is 18.2. The van der Waals surface area contributed by atoms with E-state index in [1.807, 2.05) is 0 Å². The Morgan fingerprint density at radius 3 is 1.51 bits per heavy atom. The molecule has 0 aliphatic carbocycles. The Kier molecular flexibility index (Phi) is 19.0. The third kappa shape index (κ3) is 15.4. The Hall–Kier alpha value is -8.66. The molecule has 1 aliphatic heterocycles. The summed E-state index contributed by atoms with van der Waals surface area (Å²) in [6.07, 6.45) is -4.98. The minimum atomic E-state index is -5.37. The number of likely N-dealkylation sites (N-methyl/N-ethyl adjacent to an activating group) is 1. The Bertz CT molecular complexity index is 3910. The number of methoxy groups -OCH3 is 3. The quantitative estimate of drug-likeness (QED) is 0.0766. The molecule has 27 heteroatoms. The molecule has 0 bridgehead atoms. The first-order valence-electron chi connectivity index (χ1n) is 28.3. The number of rotatable bonds is 17. The number of carbonyl (C=O) groups excluding carboxylic acids is 4. The van der Waals surface area contributed by atoms with E-state index in [1.54, 1.807) is 168 Å². The van der Waals surface area contributed by atoms with Crippen LogP contribution >= 0.6 is 0 Å². The van der Waals surface area contributed by atoms with E-state index in [2.05, 4.69) is 10.3 Å². The molecule has 0 unspecified atom stereocenters. The number of sulfonamides is 2. The molecule has 7 aromatic rings. The maximum atomic E-state index is 16.9. The molecule has 476 valence electrons. The van der Waals surface area contributed by atoms with Crippen LogP contribution in [0.15, 0.2) is 113 Å². The van der Waals surface area contributed by atoms with Crippen LogP contribution in [0.5, 0.6) is 17.2 Å². The first kappa shape index (κ1) is 66.3. The number of carbonyl (C=O) groups is 4. The van der Waals surface area contributed by atoms with Crippen LogP contribution in [0.3, 0.4) is 0 Å². The third-order valence-electron chi connectivity index (χ3n) is 13.3. The highest BCUT2D eigenvalue weighted by Gasteiger charge is 2.48. The number of ether oxygens (including phenoxy) is 7. The molecule has 5 aromatic carbocycles. The van der Waals surface area contributed by atoms with Crippen molar-refractivity contribution in [2.45, 2.75) is 141 Å². The summed E-state index contributed by atoms with van der Waals surface area (Å²) in [5.74, 6) is 0.416. The van der Waals surface area contributed by atoms with Crippen LogP contribution in [0, 0.1) is 0 Å². The number of anilines is 1. The van der Waals surface area contributed by atoms with Gasteiger partial charge in [-0.25, -0.2) is 45.6 Å². The van der Waals surface area contributed by atoms with Crippen molar-refractivity contribution in [1.82, 2.24) is 43.3 Å². The molecule has 1 fully saturated rings. The SMILES string of the molecule is COc1ccc(CN(Cc2ccc(OC)cc2)S(=O)(=O)c2c(S(=O)(=O)N(C(=O)OC(C)(C)C)C3CN(C)C3)ccc(-c3cccc4c3nc(N(C(=O)OC(C)(C)C)C(=O)OC(C)(C)C)n4C(=O)OC(C)(C)C)c2-c2nnn(Cc3ccc(OC)cc3)n2)cc1. The molecule has 2 aromatic heterocycles. The average molecular weight is 1270 g/mol. The molecular formula is C62H76N10O15S2. The van der Waals surface area contributed by atoms with E-state index in [0.717, 1.165) is 14.9 Å². The molecular weight excluding hydrogens is 1190 g/mol. The van der Waals surface area contributed by atoms with Gasteiger partial charge in [0.15, 0.2) is 0 Å². The predicted octanol–water partition coefficient (Wildman–Crippen LogP) is 10.5. The van der Waals surface area contributed by atoms with Gasteiger partial charge < -0.3 is 38.1 Å². The van der Waals surface area contributed by atoms with Crippen LogP contribution in [0.2, 0.25) is 0 Å². The zero-order chi connectivity index (χ0) is 65.3. The number of fused-ring (bicyclic) bond motifs is 1. The number of hydrogen-bond donors (Lipinski definition) is 0. The van der Waals surface area contributed by atoms with Gasteiger partial charge in [0.2, 0.25) is 21.8 Å². The van der Waals surface area contributed by atoms with Gasteiger partial charge in [-0.2, -0.15) is 13.4 Å². The molecule has 1 saturated heterocycles. The van der Waals surface area contributed by atoms with Crippen molar-refractivity contribution >= 4 is 61.4 Å². The van der Waals surface area contributed by atoms with Crippen LogP contribution in [0.1, 0.15) is 99.8 Å². The molecule has 0 N–H and O–H groups in total. The van der Waals surface area contributed by atoms with Crippen molar-refractivity contribution in [2.75, 3.05) is 46.4 Å². The summed E-state index contributed by atoms with van der Waals surface area (Å²) in [4.78, 5) is 65.0. The topological polar surface area (TPSA) is 276 Å². The second kappa shape index (κ2) is 25.4. The number of benzene rings is 5. The van der Waals surface area contributed by atoms with Gasteiger partial charge in [0.1, 0.15) is 49.4 Å². The second-order valence-corrected chi connectivity index (χ2v) is 28.8. The van der Waals surface area contributed by atoms with Crippen LogP contribution in [-0.2, 0) is 58.6 Å². The fourth-order valence-corrected chi connectivity index (χ4v) is 13.3. The number of nitrogens with zero attached hydrogens (tertiary/aromatic N) is 10. The van der Waals surface area contributed by atoms with E-state index in [9.17, 15) is 19.2 Å². The van der Waals surface area contributed by atoms with Crippen LogP contribution in [0.25, 0.3) is 33.5 Å². The highest BCUT2D eigenvalue weighted by molar-refractivity contribution is 7.92. The largest absolute Gasteiger partial charge is 0.497 e. The number of imidazole rings is 1. The summed E-state index contributed by atoms with van der Waals surface area (Å²) in [6, 6.07) is 25.9. The lowest BCUT2D eigenvalue weighted by Gasteiger charge is -2.42. The van der Waals surface area contributed by atoms with Crippen molar-refractivity contribution in [2.24, 2.45) is 0 Å². The zero-order valence-electron chi connectivity index (χ0n) is 52.8. The summed E-state index contributed by atoms with van der Waals surface area (Å²) in [5.41, 5.74) is -4.17. The van der Waals surface area contributed by atoms with E-state index < -0.39 is 100.0 Å². The van der Waals surface area contributed by atoms with E-state index in [4.69, 9.17) is 43.2 Å². The molecule has 0 spiro atoms. The van der Waals surface area contributed by atoms with Crippen molar-refractivity contribution < 1.29 is 69.2 Å². The molecule has 3 heterocycles. The second-order valence-electron chi connectivity index (χ2n) is 25.1. The van der Waals surface area contributed by atoms with Gasteiger partial charge in [-0.1, -0.05) is 54.6 Å². The normalized spacial score (nSPS) is 13.6. The molecule has 1 aliphatic rings. The third-order valence-corrected chi connectivity index (χ3v) is 17.2. The highest BCUT2D eigenvalue weighted by Crippen LogP contribution is 2.45. The minimum Gasteiger partial charge on any atom is -0.497 e. The summed E-state index contributed by atoms with van der Waals surface area (Å²) < 4.78 is 108. The van der Waals surface area contributed by atoms with Gasteiger partial charge >= 0.3 is 24.4 Å². The number of likely N-dealkylation sites (tertiary alicyclic amines) is 1. The molecule has 3 amide bonds. The Labute approximate surface area is 518 Å². The number of imide groups is 1. The molecule has 89 heavy (non-hydrogen) atoms. The van der Waals surface area contributed by atoms with Gasteiger partial charge in [0.25, 0.3) is 10.0 Å². The Morgan fingerprint density at radius 2 is 1.04 bits per heavy atom. The molecule has 8 rings (SSSR count). The highest BCUT2D eigenvalue weighted by atomic mass is 32.2. The van der Waals surface area contributed by atoms with Crippen LogP contribution < -0.4 is 19.1 Å². The molecule has 0 atom stereocenters. The number of hydrogen-bond acceptors (Lipinski definition) is 20. The number of amides is 3. The van der Waals surface area contributed by atoms with Gasteiger partial charge in [-0.15, -0.1) is 15.1 Å². The number of tetrazole rings is 1. The van der Waals surface area contributed by atoms with Crippen molar-refractivity contribution in [1.29, 1.82) is 0 Å². The van der Waals surface area contributed by atoms with E-state index in [0.29, 0.717) is 43.1 Å². The van der Waals surface area contributed by atoms with Gasteiger partial charge in [-0.05, 0) is 166 Å². The van der Waals surface area contributed by atoms with Crippen molar-refractivity contribution in [3.05, 3.63) is 120 Å². The first-order valence-corrected chi connectivity index (χ1v) is 31.2. The molecule has 0 radical (unpaired) electrons. The average Bonchev–Trinajstić information content (AvgIpc) is 1.66. The zero-order valence-corrected chi connectivity index (χ0v) is 54.5. The van der Waals surface area contributed by atoms with Crippen molar-refractivity contribution in [3.63, 3.8) is 0 Å².